The Hall–Kier alpha value is -1.03. The molecule has 2 N–H and O–H groups in total. The van der Waals surface area contributed by atoms with E-state index in [0.717, 1.165) is 5.56 Å². The lowest BCUT2D eigenvalue weighted by Crippen LogP contribution is -2.27. The van der Waals surface area contributed by atoms with E-state index < -0.39 is 11.3 Å². The minimum absolute atomic E-state index is 0.0213. The van der Waals surface area contributed by atoms with Gasteiger partial charge in [-0.3, -0.25) is 4.98 Å². The summed E-state index contributed by atoms with van der Waals surface area (Å²) in [5.74, 6) is -2.66. The Morgan fingerprint density at radius 1 is 1.57 bits per heavy atom. The molecule has 1 heterocycles. The van der Waals surface area contributed by atoms with Crippen molar-refractivity contribution in [3.63, 3.8) is 0 Å². The molecule has 1 aromatic heterocycles. The van der Waals surface area contributed by atoms with Gasteiger partial charge in [0.15, 0.2) is 0 Å². The van der Waals surface area contributed by atoms with E-state index in [1.807, 2.05) is 6.92 Å². The van der Waals surface area contributed by atoms with Gasteiger partial charge >= 0.3 is 0 Å². The Morgan fingerprint density at radius 2 is 2.21 bits per heavy atom. The zero-order valence-corrected chi connectivity index (χ0v) is 7.93. The summed E-state index contributed by atoms with van der Waals surface area (Å²) in [6, 6.07) is 1.74. The largest absolute Gasteiger partial charge is 0.329 e. The molecule has 1 unspecified atom stereocenters. The lowest BCUT2D eigenvalue weighted by atomic mass is 9.93. The van der Waals surface area contributed by atoms with Gasteiger partial charge in [0.2, 0.25) is 0 Å². The number of aromatic nitrogens is 1. The molecule has 2 rings (SSSR count). The summed E-state index contributed by atoms with van der Waals surface area (Å²) in [7, 11) is 0. The molecule has 1 saturated carbocycles. The SMILES string of the molecule is Cc1ccncc1C1(CN)CC1(F)F. The molecule has 1 aromatic rings. The minimum Gasteiger partial charge on any atom is -0.329 e. The van der Waals surface area contributed by atoms with Crippen LogP contribution in [-0.4, -0.2) is 17.5 Å². The van der Waals surface area contributed by atoms with E-state index in [0.29, 0.717) is 5.56 Å². The van der Waals surface area contributed by atoms with E-state index in [9.17, 15) is 8.78 Å². The fourth-order valence-corrected chi connectivity index (χ4v) is 1.92. The van der Waals surface area contributed by atoms with Gasteiger partial charge in [0.05, 0.1) is 5.41 Å². The van der Waals surface area contributed by atoms with Crippen molar-refractivity contribution in [2.75, 3.05) is 6.54 Å². The smallest absolute Gasteiger partial charge is 0.260 e. The fraction of sp³-hybridized carbons (Fsp3) is 0.500. The van der Waals surface area contributed by atoms with Crippen LogP contribution < -0.4 is 5.73 Å². The molecule has 0 spiro atoms. The Morgan fingerprint density at radius 3 is 2.64 bits per heavy atom. The molecule has 76 valence electrons. The van der Waals surface area contributed by atoms with Crippen LogP contribution in [0.4, 0.5) is 8.78 Å². The number of hydrogen-bond acceptors (Lipinski definition) is 2. The number of hydrogen-bond donors (Lipinski definition) is 1. The number of pyridine rings is 1. The van der Waals surface area contributed by atoms with Crippen molar-refractivity contribution in [3.05, 3.63) is 29.6 Å². The van der Waals surface area contributed by atoms with Gasteiger partial charge < -0.3 is 5.73 Å². The van der Waals surface area contributed by atoms with Gasteiger partial charge in [0.25, 0.3) is 5.92 Å². The maximum atomic E-state index is 13.2. The second-order valence-electron chi connectivity index (χ2n) is 3.86. The molecule has 4 heteroatoms. The predicted molar refractivity (Wildman–Crippen MR) is 49.3 cm³/mol. The van der Waals surface area contributed by atoms with Gasteiger partial charge in [-0.25, -0.2) is 8.78 Å². The third kappa shape index (κ3) is 1.07. The first-order chi connectivity index (χ1) is 6.53. The van der Waals surface area contributed by atoms with Crippen LogP contribution in [0, 0.1) is 6.92 Å². The van der Waals surface area contributed by atoms with Crippen molar-refractivity contribution in [1.29, 1.82) is 0 Å². The van der Waals surface area contributed by atoms with E-state index >= 15 is 0 Å². The van der Waals surface area contributed by atoms with Crippen LogP contribution in [0.15, 0.2) is 18.5 Å². The topological polar surface area (TPSA) is 38.9 Å². The number of halogens is 2. The van der Waals surface area contributed by atoms with E-state index in [-0.39, 0.29) is 13.0 Å². The van der Waals surface area contributed by atoms with Crippen LogP contribution in [-0.2, 0) is 5.41 Å². The molecular weight excluding hydrogens is 186 g/mol. The molecule has 0 aliphatic heterocycles. The lowest BCUT2D eigenvalue weighted by molar-refractivity contribution is 0.0894. The molecule has 1 aliphatic rings. The quantitative estimate of drug-likeness (QED) is 0.784. The highest BCUT2D eigenvalue weighted by molar-refractivity contribution is 5.41. The first-order valence-electron chi connectivity index (χ1n) is 4.52. The zero-order valence-electron chi connectivity index (χ0n) is 7.93. The molecule has 1 aliphatic carbocycles. The molecule has 0 amide bonds. The van der Waals surface area contributed by atoms with E-state index in [1.54, 1.807) is 12.3 Å². The van der Waals surface area contributed by atoms with Crippen LogP contribution >= 0.6 is 0 Å². The molecule has 14 heavy (non-hydrogen) atoms. The number of nitrogens with zero attached hydrogens (tertiary/aromatic N) is 1. The fourth-order valence-electron chi connectivity index (χ4n) is 1.92. The number of rotatable bonds is 2. The predicted octanol–water partition coefficient (Wildman–Crippen LogP) is 1.63. The molecular formula is C10H12F2N2. The summed E-state index contributed by atoms with van der Waals surface area (Å²) in [5.41, 5.74) is 5.72. The summed E-state index contributed by atoms with van der Waals surface area (Å²) in [4.78, 5) is 3.88. The number of nitrogens with two attached hydrogens (primary N) is 1. The van der Waals surface area contributed by atoms with Crippen molar-refractivity contribution in [3.8, 4) is 0 Å². The third-order valence-corrected chi connectivity index (χ3v) is 3.00. The van der Waals surface area contributed by atoms with Crippen molar-refractivity contribution in [2.24, 2.45) is 5.73 Å². The summed E-state index contributed by atoms with van der Waals surface area (Å²) >= 11 is 0. The van der Waals surface area contributed by atoms with Crippen molar-refractivity contribution in [1.82, 2.24) is 4.98 Å². The standard InChI is InChI=1S/C10H12F2N2/c1-7-2-3-14-4-8(7)9(6-13)5-10(9,11)12/h2-4H,5-6,13H2,1H3. The second kappa shape index (κ2) is 2.73. The highest BCUT2D eigenvalue weighted by Crippen LogP contribution is 2.61. The maximum Gasteiger partial charge on any atom is 0.260 e. The summed E-state index contributed by atoms with van der Waals surface area (Å²) in [6.45, 7) is 1.79. The Bertz CT molecular complexity index is 365. The Kier molecular flexibility index (Phi) is 1.86. The first kappa shape index (κ1) is 9.52. The van der Waals surface area contributed by atoms with Gasteiger partial charge in [0.1, 0.15) is 0 Å². The zero-order chi connectivity index (χ0) is 10.4. The lowest BCUT2D eigenvalue weighted by Gasteiger charge is -2.15. The van der Waals surface area contributed by atoms with Crippen molar-refractivity contribution < 1.29 is 8.78 Å². The minimum atomic E-state index is -2.66. The van der Waals surface area contributed by atoms with Crippen molar-refractivity contribution >= 4 is 0 Å². The highest BCUT2D eigenvalue weighted by Gasteiger charge is 2.71. The second-order valence-corrected chi connectivity index (χ2v) is 3.86. The molecule has 1 fully saturated rings. The van der Waals surface area contributed by atoms with Gasteiger partial charge in [-0.05, 0) is 24.1 Å². The van der Waals surface area contributed by atoms with Crippen LogP contribution in [0.5, 0.6) is 0 Å². The normalized spacial score (nSPS) is 28.9. The molecule has 2 nitrogen and oxygen atoms in total. The van der Waals surface area contributed by atoms with E-state index in [2.05, 4.69) is 4.98 Å². The van der Waals surface area contributed by atoms with E-state index in [1.165, 1.54) is 6.20 Å². The molecule has 0 radical (unpaired) electrons. The summed E-state index contributed by atoms with van der Waals surface area (Å²) in [5, 5.41) is 0. The summed E-state index contributed by atoms with van der Waals surface area (Å²) < 4.78 is 26.4. The maximum absolute atomic E-state index is 13.2. The molecule has 1 atom stereocenters. The Labute approximate surface area is 81.1 Å². The highest BCUT2D eigenvalue weighted by atomic mass is 19.3. The van der Waals surface area contributed by atoms with E-state index in [4.69, 9.17) is 5.73 Å². The van der Waals surface area contributed by atoms with Crippen LogP contribution in [0.3, 0.4) is 0 Å². The molecule has 0 bridgehead atoms. The average molecular weight is 198 g/mol. The van der Waals surface area contributed by atoms with Crippen LogP contribution in [0.2, 0.25) is 0 Å². The van der Waals surface area contributed by atoms with Crippen molar-refractivity contribution in [2.45, 2.75) is 24.7 Å². The third-order valence-electron chi connectivity index (χ3n) is 3.00. The first-order valence-corrected chi connectivity index (χ1v) is 4.52. The van der Waals surface area contributed by atoms with Gasteiger partial charge in [-0.2, -0.15) is 0 Å². The van der Waals surface area contributed by atoms with Gasteiger partial charge in [-0.15, -0.1) is 0 Å². The average Bonchev–Trinajstić information content (AvgIpc) is 2.70. The summed E-state index contributed by atoms with van der Waals surface area (Å²) in [6.07, 6.45) is 2.95. The molecule has 0 saturated heterocycles. The number of aryl methyl sites for hydroxylation is 1. The Balaban J connectivity index is 2.46. The monoisotopic (exact) mass is 198 g/mol. The van der Waals surface area contributed by atoms with Crippen LogP contribution in [0.1, 0.15) is 17.5 Å². The van der Waals surface area contributed by atoms with Crippen LogP contribution in [0.25, 0.3) is 0 Å². The van der Waals surface area contributed by atoms with Gasteiger partial charge in [-0.1, -0.05) is 0 Å². The van der Waals surface area contributed by atoms with Gasteiger partial charge in [0, 0.05) is 25.4 Å². The molecule has 0 aromatic carbocycles. The number of alkyl halides is 2.